The van der Waals surface area contributed by atoms with Crippen LogP contribution in [0.3, 0.4) is 0 Å². The SMILES string of the molecule is N#Cc1cnc(Nc2cn(-c3ccc(N4CC[C@@H](N5CCOCC5)C4)cc3)cn2)cn1. The highest BCUT2D eigenvalue weighted by Crippen LogP contribution is 2.25. The number of imidazole rings is 1. The highest BCUT2D eigenvalue weighted by Gasteiger charge is 2.28. The summed E-state index contributed by atoms with van der Waals surface area (Å²) in [4.78, 5) is 17.6. The van der Waals surface area contributed by atoms with Crippen molar-refractivity contribution in [3.63, 3.8) is 0 Å². The third-order valence-corrected chi connectivity index (χ3v) is 5.84. The van der Waals surface area contributed by atoms with E-state index in [1.165, 1.54) is 24.5 Å². The fourth-order valence-corrected chi connectivity index (χ4v) is 4.16. The van der Waals surface area contributed by atoms with Crippen LogP contribution in [0.5, 0.6) is 0 Å². The van der Waals surface area contributed by atoms with Crippen molar-refractivity contribution in [3.8, 4) is 11.8 Å². The molecule has 2 fully saturated rings. The molecular weight excluding hydrogens is 392 g/mol. The average Bonchev–Trinajstić information content (AvgIpc) is 3.51. The molecule has 2 aliphatic heterocycles. The predicted molar refractivity (Wildman–Crippen MR) is 117 cm³/mol. The van der Waals surface area contributed by atoms with Crippen LogP contribution in [-0.2, 0) is 4.74 Å². The second-order valence-electron chi connectivity index (χ2n) is 7.74. The van der Waals surface area contributed by atoms with Crippen LogP contribution in [0.4, 0.5) is 17.3 Å². The Hall–Kier alpha value is -3.48. The van der Waals surface area contributed by atoms with Gasteiger partial charge in [0.25, 0.3) is 0 Å². The summed E-state index contributed by atoms with van der Waals surface area (Å²) in [6, 6.07) is 11.2. The number of ether oxygens (including phenoxy) is 1. The second-order valence-corrected chi connectivity index (χ2v) is 7.74. The van der Waals surface area contributed by atoms with E-state index in [1.54, 1.807) is 6.33 Å². The topological polar surface area (TPSA) is 95.1 Å². The van der Waals surface area contributed by atoms with Crippen molar-refractivity contribution in [1.82, 2.24) is 24.4 Å². The third-order valence-electron chi connectivity index (χ3n) is 5.84. The van der Waals surface area contributed by atoms with E-state index < -0.39 is 0 Å². The Morgan fingerprint density at radius 1 is 0.968 bits per heavy atom. The Balaban J connectivity index is 1.22. The minimum Gasteiger partial charge on any atom is -0.379 e. The largest absolute Gasteiger partial charge is 0.379 e. The lowest BCUT2D eigenvalue weighted by molar-refractivity contribution is 0.0209. The first kappa shape index (κ1) is 19.5. The van der Waals surface area contributed by atoms with Gasteiger partial charge >= 0.3 is 0 Å². The normalized spacial score (nSPS) is 19.3. The zero-order chi connectivity index (χ0) is 21.0. The van der Waals surface area contributed by atoms with Gasteiger partial charge in [-0.3, -0.25) is 4.90 Å². The highest BCUT2D eigenvalue weighted by atomic mass is 16.5. The molecular formula is C22H24N8O. The van der Waals surface area contributed by atoms with E-state index in [1.807, 2.05) is 16.8 Å². The molecule has 1 aromatic carbocycles. The van der Waals surface area contributed by atoms with Crippen molar-refractivity contribution in [3.05, 3.63) is 54.9 Å². The number of benzene rings is 1. The molecule has 3 aromatic rings. The van der Waals surface area contributed by atoms with Gasteiger partial charge < -0.3 is 19.5 Å². The van der Waals surface area contributed by atoms with Gasteiger partial charge in [0.05, 0.1) is 31.8 Å². The van der Waals surface area contributed by atoms with E-state index in [4.69, 9.17) is 10.00 Å². The van der Waals surface area contributed by atoms with Gasteiger partial charge in [0, 0.05) is 43.6 Å². The van der Waals surface area contributed by atoms with Crippen molar-refractivity contribution in [1.29, 1.82) is 5.26 Å². The van der Waals surface area contributed by atoms with Crippen LogP contribution in [0.15, 0.2) is 49.2 Å². The van der Waals surface area contributed by atoms with Crippen molar-refractivity contribution < 1.29 is 4.74 Å². The van der Waals surface area contributed by atoms with Crippen molar-refractivity contribution in [2.75, 3.05) is 49.6 Å². The summed E-state index contributed by atoms with van der Waals surface area (Å²) in [7, 11) is 0. The quantitative estimate of drug-likeness (QED) is 0.676. The summed E-state index contributed by atoms with van der Waals surface area (Å²) in [6.07, 6.45) is 7.82. The minimum absolute atomic E-state index is 0.283. The first-order chi connectivity index (χ1) is 15.3. The van der Waals surface area contributed by atoms with E-state index in [0.717, 1.165) is 45.1 Å². The first-order valence-electron chi connectivity index (χ1n) is 10.5. The molecule has 4 heterocycles. The first-order valence-corrected chi connectivity index (χ1v) is 10.5. The number of nitrogens with one attached hydrogen (secondary N) is 1. The van der Waals surface area contributed by atoms with Gasteiger partial charge in [-0.05, 0) is 30.7 Å². The molecule has 2 aromatic heterocycles. The lowest BCUT2D eigenvalue weighted by Crippen LogP contribution is -2.44. The fraction of sp³-hybridized carbons (Fsp3) is 0.364. The molecule has 1 atom stereocenters. The molecule has 0 amide bonds. The van der Waals surface area contributed by atoms with Gasteiger partial charge in [-0.2, -0.15) is 5.26 Å². The fourth-order valence-electron chi connectivity index (χ4n) is 4.16. The Morgan fingerprint density at radius 3 is 2.52 bits per heavy atom. The number of aromatic nitrogens is 4. The molecule has 31 heavy (non-hydrogen) atoms. The number of hydrogen-bond donors (Lipinski definition) is 1. The lowest BCUT2D eigenvalue weighted by atomic mass is 10.2. The molecule has 5 rings (SSSR count). The van der Waals surface area contributed by atoms with Gasteiger partial charge in [-0.15, -0.1) is 0 Å². The Bertz CT molecular complexity index is 1050. The molecule has 0 spiro atoms. The highest BCUT2D eigenvalue weighted by molar-refractivity contribution is 5.54. The number of morpholine rings is 1. The molecule has 158 valence electrons. The molecule has 0 bridgehead atoms. The number of rotatable bonds is 5. The summed E-state index contributed by atoms with van der Waals surface area (Å²) < 4.78 is 7.45. The van der Waals surface area contributed by atoms with Crippen molar-refractivity contribution >= 4 is 17.3 Å². The molecule has 0 aliphatic carbocycles. The summed E-state index contributed by atoms with van der Waals surface area (Å²) in [5.41, 5.74) is 2.58. The minimum atomic E-state index is 0.283. The van der Waals surface area contributed by atoms with Crippen LogP contribution >= 0.6 is 0 Å². The number of anilines is 3. The summed E-state index contributed by atoms with van der Waals surface area (Å²) in [5, 5.41) is 11.9. The molecule has 2 saturated heterocycles. The standard InChI is InChI=1S/C22H24N8O/c23-11-17-12-25-21(13-24-17)27-22-15-30(16-26-22)19-3-1-18(2-4-19)29-6-5-20(14-29)28-7-9-31-10-8-28/h1-4,12-13,15-16,20H,5-10,14H2,(H,25,27)/t20-/m1/s1. The Kier molecular flexibility index (Phi) is 5.48. The van der Waals surface area contributed by atoms with Gasteiger partial charge in [0.15, 0.2) is 5.69 Å². The van der Waals surface area contributed by atoms with E-state index in [-0.39, 0.29) is 5.69 Å². The van der Waals surface area contributed by atoms with Gasteiger partial charge in [0.2, 0.25) is 0 Å². The van der Waals surface area contributed by atoms with Gasteiger partial charge in [-0.1, -0.05) is 0 Å². The third kappa shape index (κ3) is 4.35. The number of nitrogens with zero attached hydrogens (tertiary/aromatic N) is 7. The zero-order valence-corrected chi connectivity index (χ0v) is 17.2. The molecule has 1 N–H and O–H groups in total. The van der Waals surface area contributed by atoms with E-state index in [9.17, 15) is 0 Å². The maximum Gasteiger partial charge on any atom is 0.158 e. The maximum absolute atomic E-state index is 8.81. The van der Waals surface area contributed by atoms with Crippen LogP contribution < -0.4 is 10.2 Å². The van der Waals surface area contributed by atoms with E-state index in [0.29, 0.717) is 17.7 Å². The van der Waals surface area contributed by atoms with Crippen LogP contribution in [-0.4, -0.2) is 69.9 Å². The van der Waals surface area contributed by atoms with Crippen LogP contribution in [0.2, 0.25) is 0 Å². The van der Waals surface area contributed by atoms with Crippen LogP contribution in [0.25, 0.3) is 5.69 Å². The lowest BCUT2D eigenvalue weighted by Gasteiger charge is -2.32. The predicted octanol–water partition coefficient (Wildman–Crippen LogP) is 2.19. The molecule has 0 radical (unpaired) electrons. The van der Waals surface area contributed by atoms with Crippen molar-refractivity contribution in [2.24, 2.45) is 0 Å². The van der Waals surface area contributed by atoms with Crippen molar-refractivity contribution in [2.45, 2.75) is 12.5 Å². The number of hydrogen-bond acceptors (Lipinski definition) is 8. The zero-order valence-electron chi connectivity index (χ0n) is 17.2. The maximum atomic E-state index is 8.81. The molecule has 2 aliphatic rings. The average molecular weight is 416 g/mol. The summed E-state index contributed by atoms with van der Waals surface area (Å²) in [6.45, 7) is 5.96. The summed E-state index contributed by atoms with van der Waals surface area (Å²) >= 11 is 0. The smallest absolute Gasteiger partial charge is 0.158 e. The molecule has 0 unspecified atom stereocenters. The monoisotopic (exact) mass is 416 g/mol. The number of nitriles is 1. The molecule has 0 saturated carbocycles. The second kappa shape index (κ2) is 8.71. The Morgan fingerprint density at radius 2 is 1.77 bits per heavy atom. The van der Waals surface area contributed by atoms with Crippen LogP contribution in [0, 0.1) is 11.3 Å². The van der Waals surface area contributed by atoms with Crippen LogP contribution in [0.1, 0.15) is 12.1 Å². The Labute approximate surface area is 180 Å². The van der Waals surface area contributed by atoms with E-state index >= 15 is 0 Å². The van der Waals surface area contributed by atoms with E-state index in [2.05, 4.69) is 54.3 Å². The summed E-state index contributed by atoms with van der Waals surface area (Å²) in [5.74, 6) is 1.21. The molecule has 9 heteroatoms. The van der Waals surface area contributed by atoms with Gasteiger partial charge in [-0.25, -0.2) is 15.0 Å². The van der Waals surface area contributed by atoms with Gasteiger partial charge in [0.1, 0.15) is 24.0 Å². The molecule has 9 nitrogen and oxygen atoms in total.